The van der Waals surface area contributed by atoms with Gasteiger partial charge in [0, 0.05) is 17.2 Å². The molecule has 0 fully saturated rings. The Bertz CT molecular complexity index is 432. The van der Waals surface area contributed by atoms with Crippen LogP contribution in [-0.2, 0) is 9.53 Å². The van der Waals surface area contributed by atoms with Crippen LogP contribution in [0.25, 0.3) is 0 Å². The standard InChI is InChI=1S/C13H17NO3S/c1-9(2)18-11-7-5-4-6-10(11)13(16)17-8-12(15)14-3/h4-7,9H,8H2,1-3H3,(H,14,15). The van der Waals surface area contributed by atoms with Crippen molar-refractivity contribution in [1.82, 2.24) is 5.32 Å². The first-order valence-electron chi connectivity index (χ1n) is 5.68. The molecule has 1 N–H and O–H groups in total. The number of likely N-dealkylation sites (N-methyl/N-ethyl adjacent to an activating group) is 1. The molecule has 0 radical (unpaired) electrons. The number of esters is 1. The average Bonchev–Trinajstić information content (AvgIpc) is 2.35. The fourth-order valence-corrected chi connectivity index (χ4v) is 2.22. The minimum absolute atomic E-state index is 0.254. The van der Waals surface area contributed by atoms with E-state index >= 15 is 0 Å². The van der Waals surface area contributed by atoms with E-state index in [-0.39, 0.29) is 12.5 Å². The third-order valence-electron chi connectivity index (χ3n) is 2.08. The number of hydrogen-bond donors (Lipinski definition) is 1. The molecule has 0 saturated heterocycles. The summed E-state index contributed by atoms with van der Waals surface area (Å²) < 4.78 is 4.94. The van der Waals surface area contributed by atoms with E-state index in [4.69, 9.17) is 4.74 Å². The quantitative estimate of drug-likeness (QED) is 0.655. The number of nitrogens with one attached hydrogen (secondary N) is 1. The van der Waals surface area contributed by atoms with Gasteiger partial charge >= 0.3 is 5.97 Å². The van der Waals surface area contributed by atoms with Crippen molar-refractivity contribution in [3.05, 3.63) is 29.8 Å². The van der Waals surface area contributed by atoms with Crippen LogP contribution in [-0.4, -0.2) is 30.8 Å². The summed E-state index contributed by atoms with van der Waals surface area (Å²) in [4.78, 5) is 23.7. The van der Waals surface area contributed by atoms with E-state index in [2.05, 4.69) is 19.2 Å². The summed E-state index contributed by atoms with van der Waals surface area (Å²) in [5, 5.41) is 2.77. The number of benzene rings is 1. The molecule has 0 unspecified atom stereocenters. The fourth-order valence-electron chi connectivity index (χ4n) is 1.27. The van der Waals surface area contributed by atoms with Crippen LogP contribution in [0.1, 0.15) is 24.2 Å². The second kappa shape index (κ2) is 7.06. The molecule has 0 aromatic heterocycles. The van der Waals surface area contributed by atoms with Crippen molar-refractivity contribution in [2.75, 3.05) is 13.7 Å². The summed E-state index contributed by atoms with van der Waals surface area (Å²) in [6.45, 7) is 3.85. The summed E-state index contributed by atoms with van der Waals surface area (Å²) in [7, 11) is 1.50. The van der Waals surface area contributed by atoms with Gasteiger partial charge in [-0.2, -0.15) is 0 Å². The van der Waals surface area contributed by atoms with Crippen LogP contribution in [0.3, 0.4) is 0 Å². The third-order valence-corrected chi connectivity index (χ3v) is 3.16. The van der Waals surface area contributed by atoms with E-state index in [1.807, 2.05) is 12.1 Å². The van der Waals surface area contributed by atoms with Crippen LogP contribution in [0.2, 0.25) is 0 Å². The maximum atomic E-state index is 11.9. The van der Waals surface area contributed by atoms with E-state index in [1.54, 1.807) is 23.9 Å². The lowest BCUT2D eigenvalue weighted by Crippen LogP contribution is -2.25. The van der Waals surface area contributed by atoms with Crippen LogP contribution < -0.4 is 5.32 Å². The molecule has 0 saturated carbocycles. The smallest absolute Gasteiger partial charge is 0.339 e. The second-order valence-electron chi connectivity index (χ2n) is 3.91. The van der Waals surface area contributed by atoms with E-state index in [1.165, 1.54) is 7.05 Å². The minimum atomic E-state index is -0.470. The van der Waals surface area contributed by atoms with Crippen molar-refractivity contribution in [2.45, 2.75) is 24.0 Å². The summed E-state index contributed by atoms with van der Waals surface area (Å²) in [5.41, 5.74) is 0.500. The highest BCUT2D eigenvalue weighted by molar-refractivity contribution is 8.00. The second-order valence-corrected chi connectivity index (χ2v) is 5.53. The van der Waals surface area contributed by atoms with Gasteiger partial charge in [-0.3, -0.25) is 4.79 Å². The molecule has 98 valence electrons. The molecule has 0 aliphatic carbocycles. The van der Waals surface area contributed by atoms with Gasteiger partial charge in [0.2, 0.25) is 0 Å². The fraction of sp³-hybridized carbons (Fsp3) is 0.385. The lowest BCUT2D eigenvalue weighted by atomic mass is 10.2. The molecule has 0 atom stereocenters. The van der Waals surface area contributed by atoms with Crippen molar-refractivity contribution in [1.29, 1.82) is 0 Å². The number of carbonyl (C=O) groups is 2. The van der Waals surface area contributed by atoms with Crippen LogP contribution in [0.4, 0.5) is 0 Å². The van der Waals surface area contributed by atoms with Gasteiger partial charge in [-0.25, -0.2) is 4.79 Å². The molecule has 0 aliphatic rings. The van der Waals surface area contributed by atoms with Crippen molar-refractivity contribution in [2.24, 2.45) is 0 Å². The Kier molecular flexibility index (Phi) is 5.71. The van der Waals surface area contributed by atoms with Gasteiger partial charge in [0.25, 0.3) is 5.91 Å². The largest absolute Gasteiger partial charge is 0.452 e. The highest BCUT2D eigenvalue weighted by atomic mass is 32.2. The first-order valence-corrected chi connectivity index (χ1v) is 6.56. The van der Waals surface area contributed by atoms with Gasteiger partial charge < -0.3 is 10.1 Å². The van der Waals surface area contributed by atoms with E-state index in [0.29, 0.717) is 10.8 Å². The van der Waals surface area contributed by atoms with Gasteiger partial charge in [0.15, 0.2) is 6.61 Å². The Morgan fingerprint density at radius 1 is 1.33 bits per heavy atom. The third kappa shape index (κ3) is 4.41. The SMILES string of the molecule is CNC(=O)COC(=O)c1ccccc1SC(C)C. The molecule has 1 aromatic rings. The highest BCUT2D eigenvalue weighted by Gasteiger charge is 2.14. The first-order chi connectivity index (χ1) is 8.54. The minimum Gasteiger partial charge on any atom is -0.452 e. The molecule has 18 heavy (non-hydrogen) atoms. The van der Waals surface area contributed by atoms with Crippen molar-refractivity contribution >= 4 is 23.6 Å². The molecule has 5 heteroatoms. The maximum Gasteiger partial charge on any atom is 0.339 e. The average molecular weight is 267 g/mol. The molecule has 4 nitrogen and oxygen atoms in total. The lowest BCUT2D eigenvalue weighted by molar-refractivity contribution is -0.123. The van der Waals surface area contributed by atoms with Crippen LogP contribution in [0.5, 0.6) is 0 Å². The number of carbonyl (C=O) groups excluding carboxylic acids is 2. The number of amides is 1. The number of thioether (sulfide) groups is 1. The van der Waals surface area contributed by atoms with Crippen molar-refractivity contribution < 1.29 is 14.3 Å². The Morgan fingerprint density at radius 2 is 2.00 bits per heavy atom. The molecule has 0 spiro atoms. The van der Waals surface area contributed by atoms with Crippen molar-refractivity contribution in [3.63, 3.8) is 0 Å². The zero-order chi connectivity index (χ0) is 13.5. The predicted octanol–water partition coefficient (Wildman–Crippen LogP) is 2.09. The molecular weight excluding hydrogens is 250 g/mol. The van der Waals surface area contributed by atoms with Gasteiger partial charge in [-0.15, -0.1) is 11.8 Å². The van der Waals surface area contributed by atoms with Crippen LogP contribution in [0.15, 0.2) is 29.2 Å². The number of ether oxygens (including phenoxy) is 1. The predicted molar refractivity (Wildman–Crippen MR) is 71.8 cm³/mol. The molecule has 1 amide bonds. The van der Waals surface area contributed by atoms with E-state index < -0.39 is 5.97 Å². The van der Waals surface area contributed by atoms with Gasteiger partial charge in [-0.05, 0) is 12.1 Å². The summed E-state index contributed by atoms with van der Waals surface area (Å²) in [5.74, 6) is -0.792. The van der Waals surface area contributed by atoms with Gasteiger partial charge in [0.1, 0.15) is 0 Å². The molecule has 1 aromatic carbocycles. The molecule has 0 heterocycles. The van der Waals surface area contributed by atoms with Crippen LogP contribution in [0, 0.1) is 0 Å². The van der Waals surface area contributed by atoms with Crippen LogP contribution >= 0.6 is 11.8 Å². The van der Waals surface area contributed by atoms with Crippen molar-refractivity contribution in [3.8, 4) is 0 Å². The Morgan fingerprint density at radius 3 is 2.61 bits per heavy atom. The Balaban J connectivity index is 2.75. The highest BCUT2D eigenvalue weighted by Crippen LogP contribution is 2.26. The lowest BCUT2D eigenvalue weighted by Gasteiger charge is -2.10. The first kappa shape index (κ1) is 14.6. The molecule has 0 bridgehead atoms. The number of hydrogen-bond acceptors (Lipinski definition) is 4. The van der Waals surface area contributed by atoms with E-state index in [0.717, 1.165) is 4.90 Å². The summed E-state index contributed by atoms with van der Waals surface area (Å²) >= 11 is 1.59. The Hall–Kier alpha value is -1.49. The Labute approximate surface area is 111 Å². The summed E-state index contributed by atoms with van der Waals surface area (Å²) in [6.07, 6.45) is 0. The van der Waals surface area contributed by atoms with Gasteiger partial charge in [-0.1, -0.05) is 26.0 Å². The van der Waals surface area contributed by atoms with E-state index in [9.17, 15) is 9.59 Å². The normalized spacial score (nSPS) is 10.2. The molecule has 1 rings (SSSR count). The van der Waals surface area contributed by atoms with Gasteiger partial charge in [0.05, 0.1) is 5.56 Å². The molecular formula is C13H17NO3S. The maximum absolute atomic E-state index is 11.9. The topological polar surface area (TPSA) is 55.4 Å². The monoisotopic (exact) mass is 267 g/mol. The zero-order valence-electron chi connectivity index (χ0n) is 10.7. The molecule has 0 aliphatic heterocycles. The number of rotatable bonds is 5. The summed E-state index contributed by atoms with van der Waals surface area (Å²) in [6, 6.07) is 7.24. The zero-order valence-corrected chi connectivity index (χ0v) is 11.5.